The number of hydrogen-bond acceptors (Lipinski definition) is 14. The van der Waals surface area contributed by atoms with Crippen molar-refractivity contribution in [3.63, 3.8) is 0 Å². The number of benzene rings is 3. The molecule has 0 radical (unpaired) electrons. The third kappa shape index (κ3) is 13.3. The van der Waals surface area contributed by atoms with E-state index in [0.29, 0.717) is 0 Å². The van der Waals surface area contributed by atoms with Gasteiger partial charge in [-0.15, -0.1) is 24.8 Å². The lowest BCUT2D eigenvalue weighted by Gasteiger charge is -2.36. The number of carbonyl (C=O) groups excluding carboxylic acids is 12. The Kier molecular flexibility index (Phi) is 20.1. The van der Waals surface area contributed by atoms with Crippen LogP contribution in [0.4, 0.5) is 0 Å². The van der Waals surface area contributed by atoms with E-state index in [9.17, 15) is 57.5 Å². The first-order valence-corrected chi connectivity index (χ1v) is 25.9. The van der Waals surface area contributed by atoms with Crippen molar-refractivity contribution >= 4 is 95.2 Å². The number of hydrogen-bond donors (Lipinski definition) is 8. The van der Waals surface area contributed by atoms with Gasteiger partial charge < -0.3 is 52.3 Å². The van der Waals surface area contributed by atoms with Crippen LogP contribution < -0.4 is 42.5 Å². The number of ketones is 4. The van der Waals surface area contributed by atoms with Crippen LogP contribution in [0.1, 0.15) is 130 Å². The summed E-state index contributed by atoms with van der Waals surface area (Å²) in [6.07, 6.45) is -0.335. The Hall–Kier alpha value is -7.40. The van der Waals surface area contributed by atoms with Crippen LogP contribution in [0.25, 0.3) is 0 Å². The average Bonchev–Trinajstić information content (AvgIpc) is 4.15. The number of fused-ring (bicyclic) bond motifs is 2. The second-order valence-corrected chi connectivity index (χ2v) is 22.5. The van der Waals surface area contributed by atoms with Crippen molar-refractivity contribution in [3.05, 3.63) is 106 Å². The van der Waals surface area contributed by atoms with Gasteiger partial charge in [0.15, 0.2) is 35.2 Å². The lowest BCUT2D eigenvalue weighted by atomic mass is 9.85. The van der Waals surface area contributed by atoms with Crippen molar-refractivity contribution in [2.24, 2.45) is 10.8 Å². The van der Waals surface area contributed by atoms with Crippen molar-refractivity contribution in [1.82, 2.24) is 52.3 Å². The Morgan fingerprint density at radius 3 is 1.09 bits per heavy atom. The molecule has 8 amide bonds. The van der Waals surface area contributed by atoms with Crippen LogP contribution in [0.2, 0.25) is 0 Å². The van der Waals surface area contributed by atoms with Crippen LogP contribution in [0.5, 0.6) is 0 Å². The Morgan fingerprint density at radius 1 is 0.487 bits per heavy atom. The van der Waals surface area contributed by atoms with E-state index in [1.165, 1.54) is 58.3 Å². The van der Waals surface area contributed by atoms with E-state index < -0.39 is 142 Å². The summed E-state index contributed by atoms with van der Waals surface area (Å²) in [6, 6.07) is 6.69. The molecule has 0 spiro atoms. The van der Waals surface area contributed by atoms with E-state index in [4.69, 9.17) is 0 Å². The number of likely N-dealkylation sites (tertiary alicyclic amines) is 2. The van der Waals surface area contributed by atoms with E-state index in [1.54, 1.807) is 93.8 Å². The largest absolute Gasteiger partial charge is 0.347 e. The highest BCUT2D eigenvalue weighted by Crippen LogP contribution is 2.31. The highest BCUT2D eigenvalue weighted by Gasteiger charge is 2.50. The molecule has 0 saturated carbocycles. The van der Waals surface area contributed by atoms with E-state index in [0.717, 1.165) is 0 Å². The van der Waals surface area contributed by atoms with Crippen molar-refractivity contribution in [1.29, 1.82) is 0 Å². The second-order valence-electron chi connectivity index (χ2n) is 22.5. The van der Waals surface area contributed by atoms with E-state index in [2.05, 4.69) is 42.5 Å². The van der Waals surface area contributed by atoms with Gasteiger partial charge in [-0.3, -0.25) is 57.5 Å². The number of nitrogens with zero attached hydrogens (tertiary/aromatic N) is 2. The van der Waals surface area contributed by atoms with E-state index in [1.807, 2.05) is 0 Å². The highest BCUT2D eigenvalue weighted by molar-refractivity contribution is 6.31. The van der Waals surface area contributed by atoms with Crippen molar-refractivity contribution in [2.75, 3.05) is 27.2 Å². The maximum Gasteiger partial charge on any atom is 0.251 e. The van der Waals surface area contributed by atoms with Crippen LogP contribution in [-0.2, 0) is 28.8 Å². The van der Waals surface area contributed by atoms with Crippen molar-refractivity contribution in [3.8, 4) is 0 Å². The molecule has 8 atom stereocenters. The van der Waals surface area contributed by atoms with E-state index >= 15 is 0 Å². The number of amides is 8. The summed E-state index contributed by atoms with van der Waals surface area (Å²) in [5, 5.41) is 22.0. The zero-order valence-electron chi connectivity index (χ0n) is 46.1. The molecule has 430 valence electrons. The van der Waals surface area contributed by atoms with Gasteiger partial charge in [-0.25, -0.2) is 0 Å². The number of halogens is 2. The summed E-state index contributed by atoms with van der Waals surface area (Å²) in [6.45, 7) is 13.2. The summed E-state index contributed by atoms with van der Waals surface area (Å²) in [7, 11) is 3.16. The number of nitrogens with one attached hydrogen (secondary N) is 8. The topological polar surface area (TPSA) is 308 Å². The molecule has 8 N–H and O–H groups in total. The Balaban J connectivity index is 0.00000588. The quantitative estimate of drug-likeness (QED) is 0.0940. The lowest BCUT2D eigenvalue weighted by Crippen LogP contribution is -2.60. The molecule has 24 heteroatoms. The fourth-order valence-corrected chi connectivity index (χ4v) is 10.1. The van der Waals surface area contributed by atoms with Gasteiger partial charge in [-0.2, -0.15) is 0 Å². The first-order valence-electron chi connectivity index (χ1n) is 25.9. The molecule has 3 aromatic rings. The second kappa shape index (κ2) is 25.4. The maximum atomic E-state index is 14.6. The molecule has 2 heterocycles. The molecule has 22 nitrogen and oxygen atoms in total. The number of likely N-dealkylation sites (N-methyl/N-ethyl adjacent to an activating group) is 2. The van der Waals surface area contributed by atoms with Gasteiger partial charge in [0, 0.05) is 58.6 Å². The van der Waals surface area contributed by atoms with Gasteiger partial charge in [-0.05, 0) is 69.8 Å². The van der Waals surface area contributed by atoms with Gasteiger partial charge in [0.1, 0.15) is 24.2 Å². The third-order valence-corrected chi connectivity index (χ3v) is 14.8. The van der Waals surface area contributed by atoms with Gasteiger partial charge in [0.05, 0.1) is 12.1 Å². The molecule has 2 fully saturated rings. The number of rotatable bonds is 16. The smallest absolute Gasteiger partial charge is 0.251 e. The maximum absolute atomic E-state index is 14.6. The molecule has 2 aliphatic heterocycles. The van der Waals surface area contributed by atoms with Gasteiger partial charge in [-0.1, -0.05) is 96.1 Å². The SMILES string of the molecule is CN[C@@H](C)C(=O)NC(C(=O)N1C[C@@H](NC(=O)c2cccc(C(=O)N[C@H]3CC(C(=O)NC4C(=O)c5ccccc5C4=O)N(C(=O)[C@@H](NC(=O)[C@H](C)NC)C(C)(C)C)C3)c2)C[C@H]1C(=O)NC1C(=O)c2ccccc2C1=O)C(C)(C)C.Cl.Cl. The van der Waals surface area contributed by atoms with Gasteiger partial charge >= 0.3 is 0 Å². The van der Waals surface area contributed by atoms with Crippen LogP contribution in [-0.4, -0.2) is 168 Å². The van der Waals surface area contributed by atoms with E-state index in [-0.39, 0.29) is 84.1 Å². The predicted octanol–water partition coefficient (Wildman–Crippen LogP) is 1.33. The monoisotopic (exact) mass is 1140 g/mol. The zero-order valence-corrected chi connectivity index (χ0v) is 47.8. The molecule has 7 rings (SSSR count). The number of Topliss-reactive ketones (excluding diaryl/α,β-unsaturated/α-hetero) is 4. The fourth-order valence-electron chi connectivity index (χ4n) is 10.1. The molecule has 2 saturated heterocycles. The Labute approximate surface area is 476 Å². The minimum Gasteiger partial charge on any atom is -0.347 e. The van der Waals surface area contributed by atoms with Crippen molar-refractivity contribution in [2.45, 2.75) is 129 Å². The molecule has 0 aromatic heterocycles. The minimum atomic E-state index is -1.55. The first kappa shape index (κ1) is 63.4. The predicted molar refractivity (Wildman–Crippen MR) is 298 cm³/mol. The van der Waals surface area contributed by atoms with Crippen LogP contribution in [0, 0.1) is 10.8 Å². The third-order valence-electron chi connectivity index (χ3n) is 14.8. The lowest BCUT2D eigenvalue weighted by molar-refractivity contribution is -0.144. The normalized spacial score (nSPS) is 20.5. The summed E-state index contributed by atoms with van der Waals surface area (Å²) in [5.41, 5.74) is -1.20. The Morgan fingerprint density at radius 2 is 0.800 bits per heavy atom. The number of carbonyl (C=O) groups is 12. The molecular weight excluding hydrogens is 1080 g/mol. The average molecular weight is 1150 g/mol. The molecule has 2 aliphatic carbocycles. The molecule has 3 aromatic carbocycles. The Bertz CT molecular complexity index is 2730. The first-order chi connectivity index (χ1) is 36.7. The fraction of sp³-hybridized carbons (Fsp3) is 0.464. The summed E-state index contributed by atoms with van der Waals surface area (Å²) in [5.74, 6) is -7.80. The highest BCUT2D eigenvalue weighted by atomic mass is 35.5. The van der Waals surface area contributed by atoms with Gasteiger partial charge in [0.2, 0.25) is 35.4 Å². The summed E-state index contributed by atoms with van der Waals surface area (Å²) < 4.78 is 0. The summed E-state index contributed by atoms with van der Waals surface area (Å²) in [4.78, 5) is 168. The van der Waals surface area contributed by atoms with Crippen LogP contribution >= 0.6 is 24.8 Å². The molecule has 0 bridgehead atoms. The molecule has 80 heavy (non-hydrogen) atoms. The van der Waals surface area contributed by atoms with Crippen LogP contribution in [0.15, 0.2) is 72.8 Å². The standard InChI is InChI=1S/C56H68N10O12.2ClH/c1-27(57-9)47(71)63-45(55(3,4)5)53(77)65-25-31(23-37(65)51(75)61-39-41(67)33-18-11-12-19-34(33)42(39)68)59-49(73)29-16-15-17-30(22-29)50(74)60-32-24-38(52(76)62-40-43(69)35-20-13-14-21-36(35)44(40)70)66(26-32)54(78)46(56(6,7)8)64-48(72)28(2)58-10;;/h11-22,27-28,31-32,37-40,45-46,57-58H,23-26H2,1-10H3,(H,59,73)(H,60,74)(H,61,75)(H,62,76)(H,63,71)(H,64,72);2*1H/t27-,28-,31-,32-,37-,38?,45?,46+;;/m0../s1. The molecule has 2 unspecified atom stereocenters. The van der Waals surface area contributed by atoms with Crippen LogP contribution in [0.3, 0.4) is 0 Å². The zero-order chi connectivity index (χ0) is 57.3. The summed E-state index contributed by atoms with van der Waals surface area (Å²) >= 11 is 0. The van der Waals surface area contributed by atoms with Gasteiger partial charge in [0.25, 0.3) is 11.8 Å². The molecule has 4 aliphatic rings. The minimum absolute atomic E-state index is 0. The molecular formula is C56H70Cl2N10O12. The van der Waals surface area contributed by atoms with Crippen molar-refractivity contribution < 1.29 is 57.5 Å².